The first-order chi connectivity index (χ1) is 12.0. The molecular formula is C18H21F2N2O3+. The van der Waals surface area contributed by atoms with Gasteiger partial charge in [0.1, 0.15) is 18.0 Å². The quantitative estimate of drug-likeness (QED) is 0.764. The van der Waals surface area contributed by atoms with Gasteiger partial charge in [0.25, 0.3) is 5.91 Å². The van der Waals surface area contributed by atoms with Crippen LogP contribution in [0.4, 0.5) is 14.5 Å². The largest absolute Gasteiger partial charge is 0.495 e. The number of amides is 1. The first-order valence-corrected chi connectivity index (χ1v) is 7.76. The molecule has 0 saturated carbocycles. The van der Waals surface area contributed by atoms with Crippen LogP contribution < -0.4 is 19.7 Å². The van der Waals surface area contributed by atoms with Gasteiger partial charge in [-0.15, -0.1) is 0 Å². The summed E-state index contributed by atoms with van der Waals surface area (Å²) in [5, 5.41) is 2.82. The maximum atomic E-state index is 12.2. The van der Waals surface area contributed by atoms with E-state index in [1.807, 2.05) is 19.2 Å². The van der Waals surface area contributed by atoms with E-state index >= 15 is 0 Å². The van der Waals surface area contributed by atoms with Gasteiger partial charge in [0.15, 0.2) is 6.54 Å². The van der Waals surface area contributed by atoms with E-state index in [4.69, 9.17) is 4.74 Å². The van der Waals surface area contributed by atoms with Crippen molar-refractivity contribution in [2.45, 2.75) is 13.2 Å². The molecule has 0 radical (unpaired) electrons. The number of anilines is 1. The molecule has 0 aromatic heterocycles. The molecule has 7 heteroatoms. The number of ether oxygens (including phenoxy) is 2. The third-order valence-corrected chi connectivity index (χ3v) is 3.50. The SMILES string of the molecule is COc1ccccc1NC(=O)C[NH+](C)Cc1ccc(OC(F)F)cc1. The van der Waals surface area contributed by atoms with Gasteiger partial charge < -0.3 is 19.7 Å². The van der Waals surface area contributed by atoms with Gasteiger partial charge in [0.05, 0.1) is 19.8 Å². The average molecular weight is 351 g/mol. The molecular weight excluding hydrogens is 330 g/mol. The van der Waals surface area contributed by atoms with Crippen LogP contribution in [0.25, 0.3) is 0 Å². The fraction of sp³-hybridized carbons (Fsp3) is 0.278. The zero-order chi connectivity index (χ0) is 18.2. The number of nitrogens with one attached hydrogen (secondary N) is 2. The van der Waals surface area contributed by atoms with E-state index in [-0.39, 0.29) is 18.2 Å². The third kappa shape index (κ3) is 6.04. The molecule has 0 aliphatic rings. The summed E-state index contributed by atoms with van der Waals surface area (Å²) in [6, 6.07) is 13.6. The molecule has 1 atom stereocenters. The summed E-state index contributed by atoms with van der Waals surface area (Å²) in [5.74, 6) is 0.577. The van der Waals surface area contributed by atoms with Gasteiger partial charge in [-0.25, -0.2) is 0 Å². The van der Waals surface area contributed by atoms with Crippen molar-refractivity contribution < 1.29 is 27.9 Å². The molecule has 0 bridgehead atoms. The molecule has 1 amide bonds. The number of carbonyl (C=O) groups is 1. The number of para-hydroxylation sites is 2. The van der Waals surface area contributed by atoms with E-state index < -0.39 is 6.61 Å². The van der Waals surface area contributed by atoms with Crippen LogP contribution in [0.15, 0.2) is 48.5 Å². The lowest BCUT2D eigenvalue weighted by atomic mass is 10.2. The van der Waals surface area contributed by atoms with Crippen LogP contribution in [0.5, 0.6) is 11.5 Å². The van der Waals surface area contributed by atoms with Crippen LogP contribution in [0.1, 0.15) is 5.56 Å². The maximum absolute atomic E-state index is 12.2. The van der Waals surface area contributed by atoms with Crippen LogP contribution in [0.2, 0.25) is 0 Å². The van der Waals surface area contributed by atoms with Crippen molar-refractivity contribution in [3.63, 3.8) is 0 Å². The zero-order valence-corrected chi connectivity index (χ0v) is 14.1. The summed E-state index contributed by atoms with van der Waals surface area (Å²) in [5.41, 5.74) is 1.54. The molecule has 0 spiro atoms. The molecule has 2 N–H and O–H groups in total. The minimum atomic E-state index is -2.84. The zero-order valence-electron chi connectivity index (χ0n) is 14.1. The minimum absolute atomic E-state index is 0.116. The monoisotopic (exact) mass is 351 g/mol. The Labute approximate surface area is 145 Å². The normalized spacial score (nSPS) is 11.9. The molecule has 0 saturated heterocycles. The van der Waals surface area contributed by atoms with Crippen molar-refractivity contribution in [2.75, 3.05) is 26.0 Å². The Hall–Kier alpha value is -2.67. The Kier molecular flexibility index (Phi) is 6.71. The van der Waals surface area contributed by atoms with Crippen molar-refractivity contribution in [1.82, 2.24) is 0 Å². The first-order valence-electron chi connectivity index (χ1n) is 7.76. The van der Waals surface area contributed by atoms with Crippen LogP contribution in [-0.2, 0) is 11.3 Å². The summed E-state index contributed by atoms with van der Waals surface area (Å²) >= 11 is 0. The van der Waals surface area contributed by atoms with Gasteiger partial charge in [0, 0.05) is 5.56 Å². The molecule has 0 aliphatic heterocycles. The van der Waals surface area contributed by atoms with Gasteiger partial charge in [-0.2, -0.15) is 8.78 Å². The summed E-state index contributed by atoms with van der Waals surface area (Å²) in [6.07, 6.45) is 0. The number of methoxy groups -OCH3 is 1. The fourth-order valence-corrected chi connectivity index (χ4v) is 2.42. The van der Waals surface area contributed by atoms with Crippen LogP contribution in [-0.4, -0.2) is 33.2 Å². The molecule has 1 unspecified atom stereocenters. The molecule has 2 aromatic carbocycles. The maximum Gasteiger partial charge on any atom is 0.387 e. The lowest BCUT2D eigenvalue weighted by Gasteiger charge is -2.15. The fourth-order valence-electron chi connectivity index (χ4n) is 2.42. The Balaban J connectivity index is 1.86. The number of hydrogen-bond acceptors (Lipinski definition) is 3. The number of hydrogen-bond donors (Lipinski definition) is 2. The molecule has 5 nitrogen and oxygen atoms in total. The standard InChI is InChI=1S/C18H20F2N2O3/c1-22(11-13-7-9-14(10-8-13)25-18(19)20)12-17(23)21-15-5-3-4-6-16(15)24-2/h3-10,18H,11-12H2,1-2H3,(H,21,23)/p+1. The van der Waals surface area contributed by atoms with Gasteiger partial charge >= 0.3 is 6.61 Å². The van der Waals surface area contributed by atoms with E-state index in [2.05, 4.69) is 10.1 Å². The summed E-state index contributed by atoms with van der Waals surface area (Å²) in [4.78, 5) is 13.1. The second-order valence-corrected chi connectivity index (χ2v) is 5.58. The number of halogens is 2. The molecule has 2 aromatic rings. The van der Waals surface area contributed by atoms with Gasteiger partial charge in [0.2, 0.25) is 0 Å². The van der Waals surface area contributed by atoms with E-state index in [0.717, 1.165) is 10.5 Å². The topological polar surface area (TPSA) is 52.0 Å². The minimum Gasteiger partial charge on any atom is -0.495 e. The Morgan fingerprint density at radius 2 is 1.84 bits per heavy atom. The summed E-state index contributed by atoms with van der Waals surface area (Å²) in [6.45, 7) is -2.00. The molecule has 0 heterocycles. The molecule has 134 valence electrons. The van der Waals surface area contributed by atoms with E-state index in [0.29, 0.717) is 18.0 Å². The third-order valence-electron chi connectivity index (χ3n) is 3.50. The lowest BCUT2D eigenvalue weighted by molar-refractivity contribution is -0.885. The van der Waals surface area contributed by atoms with Crippen LogP contribution in [0, 0.1) is 0 Å². The molecule has 25 heavy (non-hydrogen) atoms. The summed E-state index contributed by atoms with van der Waals surface area (Å²) < 4.78 is 33.8. The van der Waals surface area contributed by atoms with Gasteiger partial charge in [-0.1, -0.05) is 12.1 Å². The van der Waals surface area contributed by atoms with Crippen LogP contribution >= 0.6 is 0 Å². The Bertz CT molecular complexity index is 693. The number of benzene rings is 2. The highest BCUT2D eigenvalue weighted by Gasteiger charge is 2.13. The van der Waals surface area contributed by atoms with Crippen molar-refractivity contribution >= 4 is 11.6 Å². The van der Waals surface area contributed by atoms with Crippen molar-refractivity contribution in [2.24, 2.45) is 0 Å². The van der Waals surface area contributed by atoms with Gasteiger partial charge in [-0.3, -0.25) is 4.79 Å². The highest BCUT2D eigenvalue weighted by molar-refractivity contribution is 5.92. The second kappa shape index (κ2) is 8.98. The predicted molar refractivity (Wildman–Crippen MR) is 90.2 cm³/mol. The molecule has 0 fully saturated rings. The average Bonchev–Trinajstić information content (AvgIpc) is 2.56. The number of alkyl halides is 2. The van der Waals surface area contributed by atoms with Crippen molar-refractivity contribution in [3.05, 3.63) is 54.1 Å². The van der Waals surface area contributed by atoms with E-state index in [1.54, 1.807) is 31.4 Å². The number of likely N-dealkylation sites (N-methyl/N-ethyl adjacent to an activating group) is 1. The molecule has 0 aliphatic carbocycles. The number of quaternary nitrogens is 1. The van der Waals surface area contributed by atoms with Crippen LogP contribution in [0.3, 0.4) is 0 Å². The molecule has 2 rings (SSSR count). The Morgan fingerprint density at radius 1 is 1.16 bits per heavy atom. The van der Waals surface area contributed by atoms with E-state index in [1.165, 1.54) is 12.1 Å². The van der Waals surface area contributed by atoms with E-state index in [9.17, 15) is 13.6 Å². The smallest absolute Gasteiger partial charge is 0.387 e. The van der Waals surface area contributed by atoms with Crippen molar-refractivity contribution in [1.29, 1.82) is 0 Å². The Morgan fingerprint density at radius 3 is 2.48 bits per heavy atom. The van der Waals surface area contributed by atoms with Gasteiger partial charge in [-0.05, 0) is 36.4 Å². The highest BCUT2D eigenvalue weighted by Crippen LogP contribution is 2.22. The van der Waals surface area contributed by atoms with Crippen molar-refractivity contribution in [3.8, 4) is 11.5 Å². The summed E-state index contributed by atoms with van der Waals surface area (Å²) in [7, 11) is 3.43. The first kappa shape index (κ1) is 18.7. The second-order valence-electron chi connectivity index (χ2n) is 5.58. The predicted octanol–water partition coefficient (Wildman–Crippen LogP) is 1.95. The highest BCUT2D eigenvalue weighted by atomic mass is 19.3. The lowest BCUT2D eigenvalue weighted by Crippen LogP contribution is -3.08. The number of carbonyl (C=O) groups excluding carboxylic acids is 1. The number of rotatable bonds is 8.